The van der Waals surface area contributed by atoms with Crippen molar-refractivity contribution >= 4 is 15.9 Å². The van der Waals surface area contributed by atoms with E-state index < -0.39 is 10.0 Å². The molecule has 8 nitrogen and oxygen atoms in total. The lowest BCUT2D eigenvalue weighted by molar-refractivity contribution is -0.134. The molecule has 1 saturated heterocycles. The predicted molar refractivity (Wildman–Crippen MR) is 109 cm³/mol. The maximum atomic E-state index is 13.3. The van der Waals surface area contributed by atoms with Crippen molar-refractivity contribution in [3.05, 3.63) is 24.3 Å². The van der Waals surface area contributed by atoms with E-state index in [4.69, 9.17) is 9.47 Å². The molecule has 1 aromatic carbocycles. The Morgan fingerprint density at radius 3 is 2.59 bits per heavy atom. The summed E-state index contributed by atoms with van der Waals surface area (Å²) in [6.07, 6.45) is 1.40. The molecular weight excluding hydrogens is 394 g/mol. The molecule has 0 bridgehead atoms. The van der Waals surface area contributed by atoms with Crippen molar-refractivity contribution in [3.63, 3.8) is 0 Å². The Morgan fingerprint density at radius 1 is 1.24 bits per heavy atom. The number of nitrogens with zero attached hydrogens (tertiary/aromatic N) is 3. The Bertz CT molecular complexity index is 819. The molecule has 2 heterocycles. The molecule has 1 amide bonds. The summed E-state index contributed by atoms with van der Waals surface area (Å²) in [5.74, 6) is 0.492. The molecule has 0 N–H and O–H groups in total. The second-order valence-electron chi connectivity index (χ2n) is 8.19. The van der Waals surface area contributed by atoms with Gasteiger partial charge in [-0.1, -0.05) is 12.1 Å². The molecule has 0 unspecified atom stereocenters. The van der Waals surface area contributed by atoms with Gasteiger partial charge in [0.25, 0.3) is 0 Å². The number of hydrogen-bond acceptors (Lipinski definition) is 6. The summed E-state index contributed by atoms with van der Waals surface area (Å²) in [6, 6.07) is 6.78. The van der Waals surface area contributed by atoms with Gasteiger partial charge in [-0.05, 0) is 39.1 Å². The van der Waals surface area contributed by atoms with E-state index in [0.29, 0.717) is 58.0 Å². The van der Waals surface area contributed by atoms with Crippen LogP contribution in [0.3, 0.4) is 0 Å². The molecular formula is C20H31N3O5S. The molecule has 9 heteroatoms. The zero-order valence-corrected chi connectivity index (χ0v) is 18.3. The van der Waals surface area contributed by atoms with Crippen LogP contribution in [0.4, 0.5) is 0 Å². The first-order valence-corrected chi connectivity index (χ1v) is 11.3. The van der Waals surface area contributed by atoms with Crippen LogP contribution in [0.25, 0.3) is 0 Å². The number of carbonyl (C=O) groups excluding carboxylic acids is 1. The van der Waals surface area contributed by atoms with E-state index in [2.05, 4.69) is 0 Å². The molecule has 29 heavy (non-hydrogen) atoms. The summed E-state index contributed by atoms with van der Waals surface area (Å²) in [5, 5.41) is 0. The minimum absolute atomic E-state index is 0.103. The standard InChI is InChI=1S/C20H31N3O5S/c1-21(2)14-19(24)22-10-8-20(9-11-22)15-23(12-13-27-3)29(25,26)18-7-5-4-6-17(18)28-16-20/h4-7H,8-16H2,1-3H3. The quantitative estimate of drug-likeness (QED) is 0.697. The number of likely N-dealkylation sites (N-methyl/N-ethyl adjacent to an activating group) is 1. The van der Waals surface area contributed by atoms with E-state index in [1.165, 1.54) is 4.31 Å². The third kappa shape index (κ3) is 4.91. The van der Waals surface area contributed by atoms with Gasteiger partial charge in [0.15, 0.2) is 0 Å². The average molecular weight is 426 g/mol. The smallest absolute Gasteiger partial charge is 0.246 e. The summed E-state index contributed by atoms with van der Waals surface area (Å²) >= 11 is 0. The van der Waals surface area contributed by atoms with E-state index in [9.17, 15) is 13.2 Å². The number of para-hydroxylation sites is 1. The van der Waals surface area contributed by atoms with Crippen molar-refractivity contribution in [3.8, 4) is 5.75 Å². The Labute approximate surface area is 173 Å². The van der Waals surface area contributed by atoms with Crippen LogP contribution in [0.2, 0.25) is 0 Å². The van der Waals surface area contributed by atoms with Crippen LogP contribution in [0, 0.1) is 5.41 Å². The molecule has 162 valence electrons. The van der Waals surface area contributed by atoms with Crippen molar-refractivity contribution < 1.29 is 22.7 Å². The number of piperidine rings is 1. The molecule has 0 atom stereocenters. The highest BCUT2D eigenvalue weighted by molar-refractivity contribution is 7.89. The lowest BCUT2D eigenvalue weighted by atomic mass is 9.78. The van der Waals surface area contributed by atoms with E-state index in [1.807, 2.05) is 23.9 Å². The zero-order chi connectivity index (χ0) is 21.1. The van der Waals surface area contributed by atoms with Crippen LogP contribution < -0.4 is 4.74 Å². The van der Waals surface area contributed by atoms with Crippen LogP contribution in [-0.4, -0.2) is 95.6 Å². The maximum absolute atomic E-state index is 13.3. The fraction of sp³-hybridized carbons (Fsp3) is 0.650. The fourth-order valence-corrected chi connectivity index (χ4v) is 5.62. The Balaban J connectivity index is 1.84. The molecule has 2 aliphatic rings. The van der Waals surface area contributed by atoms with Gasteiger partial charge in [0.05, 0.1) is 19.8 Å². The molecule has 1 aromatic rings. The number of benzene rings is 1. The highest BCUT2D eigenvalue weighted by Gasteiger charge is 2.43. The highest BCUT2D eigenvalue weighted by Crippen LogP contribution is 2.39. The Kier molecular flexibility index (Phi) is 6.83. The number of amides is 1. The van der Waals surface area contributed by atoms with E-state index >= 15 is 0 Å². The number of ether oxygens (including phenoxy) is 2. The zero-order valence-electron chi connectivity index (χ0n) is 17.5. The van der Waals surface area contributed by atoms with Gasteiger partial charge in [-0.15, -0.1) is 0 Å². The molecule has 0 aromatic heterocycles. The van der Waals surface area contributed by atoms with Crippen molar-refractivity contribution in [2.45, 2.75) is 17.7 Å². The van der Waals surface area contributed by atoms with Crippen LogP contribution >= 0.6 is 0 Å². The van der Waals surface area contributed by atoms with E-state index in [-0.39, 0.29) is 22.8 Å². The molecule has 0 saturated carbocycles. The second kappa shape index (κ2) is 8.99. The monoisotopic (exact) mass is 425 g/mol. The third-order valence-corrected chi connectivity index (χ3v) is 7.57. The van der Waals surface area contributed by atoms with Crippen molar-refractivity contribution in [1.82, 2.24) is 14.1 Å². The third-order valence-electron chi connectivity index (χ3n) is 5.69. The SMILES string of the molecule is COCCN1CC2(CCN(C(=O)CN(C)C)CC2)COc2ccccc2S1(=O)=O. The first-order valence-electron chi connectivity index (χ1n) is 9.91. The number of rotatable bonds is 5. The molecule has 1 fully saturated rings. The van der Waals surface area contributed by atoms with Crippen molar-refractivity contribution in [2.75, 3.05) is 67.1 Å². The fourth-order valence-electron chi connectivity index (χ4n) is 3.95. The minimum atomic E-state index is -3.69. The molecule has 2 aliphatic heterocycles. The molecule has 0 radical (unpaired) electrons. The van der Waals surface area contributed by atoms with Gasteiger partial charge in [0.1, 0.15) is 10.6 Å². The van der Waals surface area contributed by atoms with Gasteiger partial charge >= 0.3 is 0 Å². The van der Waals surface area contributed by atoms with Crippen molar-refractivity contribution in [1.29, 1.82) is 0 Å². The number of carbonyl (C=O) groups is 1. The molecule has 3 rings (SSSR count). The largest absolute Gasteiger partial charge is 0.492 e. The van der Waals surface area contributed by atoms with Crippen LogP contribution in [0.1, 0.15) is 12.8 Å². The average Bonchev–Trinajstić information content (AvgIpc) is 2.69. The highest BCUT2D eigenvalue weighted by atomic mass is 32.2. The number of hydrogen-bond donors (Lipinski definition) is 0. The summed E-state index contributed by atoms with van der Waals surface area (Å²) in [4.78, 5) is 16.3. The minimum Gasteiger partial charge on any atom is -0.492 e. The van der Waals surface area contributed by atoms with Gasteiger partial charge < -0.3 is 19.3 Å². The summed E-state index contributed by atoms with van der Waals surface area (Å²) in [7, 11) is 1.63. The van der Waals surface area contributed by atoms with E-state index in [0.717, 1.165) is 0 Å². The van der Waals surface area contributed by atoms with Gasteiger partial charge in [-0.25, -0.2) is 8.42 Å². The second-order valence-corrected chi connectivity index (χ2v) is 10.1. The lowest BCUT2D eigenvalue weighted by Gasteiger charge is -2.45. The summed E-state index contributed by atoms with van der Waals surface area (Å²) in [5.41, 5.74) is -0.330. The Morgan fingerprint density at radius 2 is 1.93 bits per heavy atom. The maximum Gasteiger partial charge on any atom is 0.246 e. The lowest BCUT2D eigenvalue weighted by Crippen LogP contribution is -2.53. The van der Waals surface area contributed by atoms with Gasteiger partial charge in [0, 0.05) is 38.7 Å². The van der Waals surface area contributed by atoms with Crippen LogP contribution in [-0.2, 0) is 19.6 Å². The van der Waals surface area contributed by atoms with Crippen molar-refractivity contribution in [2.24, 2.45) is 5.41 Å². The van der Waals surface area contributed by atoms with Gasteiger partial charge in [0.2, 0.25) is 15.9 Å². The van der Waals surface area contributed by atoms with Gasteiger partial charge in [-0.2, -0.15) is 4.31 Å². The normalized spacial score (nSPS) is 21.3. The summed E-state index contributed by atoms with van der Waals surface area (Å²) in [6.45, 7) is 3.00. The Hall–Kier alpha value is -1.68. The number of likely N-dealkylation sites (tertiary alicyclic amines) is 1. The number of methoxy groups -OCH3 is 1. The van der Waals surface area contributed by atoms with E-state index in [1.54, 1.807) is 31.4 Å². The van der Waals surface area contributed by atoms with Crippen LogP contribution in [0.15, 0.2) is 29.2 Å². The predicted octanol–water partition coefficient (Wildman–Crippen LogP) is 0.887. The number of sulfonamides is 1. The molecule has 0 aliphatic carbocycles. The first kappa shape index (κ1) is 22.0. The van der Waals surface area contributed by atoms with Crippen LogP contribution in [0.5, 0.6) is 5.75 Å². The summed E-state index contributed by atoms with van der Waals surface area (Å²) < 4.78 is 39.4. The topological polar surface area (TPSA) is 79.4 Å². The van der Waals surface area contributed by atoms with Gasteiger partial charge in [-0.3, -0.25) is 4.79 Å². The molecule has 1 spiro atoms. The first-order chi connectivity index (χ1) is 13.8. The number of fused-ring (bicyclic) bond motifs is 1.